The zero-order valence-electron chi connectivity index (χ0n) is 80.1. The largest absolute Gasteiger partial charge is 0.341 e. The van der Waals surface area contributed by atoms with Gasteiger partial charge in [-0.25, -0.2) is 0 Å². The van der Waals surface area contributed by atoms with Crippen LogP contribution in [0.3, 0.4) is 0 Å². The Kier molecular flexibility index (Phi) is 20.8. The lowest BCUT2D eigenvalue weighted by Crippen LogP contribution is -2.11. The third-order valence-electron chi connectivity index (χ3n) is 29.6. The standard InChI is InChI=1S/C70H56N2.C62H56N2/c1-6-71-64-18-12-10-14-56(64)61-42-53(36-40-66(61)71)49-24-20-45(21-25-49)47-28-32-51(33-29-47)68-58-16-8-9-17-59(58)69(63-44-55(70(3,4)5)38-39-60(63)68)52-34-30-48(31-35-52)46-22-26-50(27-23-46)54-37-41-67-62(43-54)57-15-11-13-19-65(57)72(67)7-2;1-9-63-55-17-13-11-15-47(55)51-35-43(27-33-57(51)63)39-19-23-41(24-20-39)59-49-31-29-46(62(6,7)8)38-54(49)60(50-32-30-45(37-53(50)59)61(3,4)5)42-25-21-40(22-26-42)44-28-34-58-52(36-44)48-16-12-14-18-56(48)64(58)10-2/h8-44H,6-7H2,1-5H3;11-38H,9-10H2,1-8H3. The van der Waals surface area contributed by atoms with Gasteiger partial charge in [-0.3, -0.25) is 0 Å². The monoisotopic (exact) mass is 1750 g/mol. The predicted octanol–water partition coefficient (Wildman–Crippen LogP) is 37.1. The number of aryl methyl sites for hydroxylation is 4. The average Bonchev–Trinajstić information content (AvgIpc) is 1.53. The van der Waals surface area contributed by atoms with Crippen LogP contribution < -0.4 is 0 Å². The van der Waals surface area contributed by atoms with Crippen molar-refractivity contribution in [2.24, 2.45) is 0 Å². The van der Waals surface area contributed by atoms with Gasteiger partial charge in [-0.1, -0.05) is 366 Å². The highest BCUT2D eigenvalue weighted by Crippen LogP contribution is 2.51. The summed E-state index contributed by atoms with van der Waals surface area (Å²) in [6.07, 6.45) is 0. The summed E-state index contributed by atoms with van der Waals surface area (Å²) >= 11 is 0. The Bertz CT molecular complexity index is 8620. The maximum atomic E-state index is 2.48. The summed E-state index contributed by atoms with van der Waals surface area (Å²) in [6, 6.07) is 149. The molecule has 0 aliphatic rings. The van der Waals surface area contributed by atoms with E-state index in [-0.39, 0.29) is 16.2 Å². The van der Waals surface area contributed by atoms with Crippen LogP contribution >= 0.6 is 0 Å². The summed E-state index contributed by atoms with van der Waals surface area (Å²) in [4.78, 5) is 0. The van der Waals surface area contributed by atoms with Crippen molar-refractivity contribution in [3.63, 3.8) is 0 Å². The minimum absolute atomic E-state index is 0.00709. The van der Waals surface area contributed by atoms with Gasteiger partial charge in [-0.05, 0) is 306 Å². The second-order valence-corrected chi connectivity index (χ2v) is 40.5. The zero-order valence-corrected chi connectivity index (χ0v) is 80.1. The Balaban J connectivity index is 0.000000154. The molecule has 24 aromatic rings. The van der Waals surface area contributed by atoms with Crippen LogP contribution in [0, 0.1) is 0 Å². The molecule has 0 radical (unpaired) electrons. The van der Waals surface area contributed by atoms with Crippen molar-refractivity contribution < 1.29 is 0 Å². The minimum atomic E-state index is -0.00768. The highest BCUT2D eigenvalue weighted by molar-refractivity contribution is 6.24. The van der Waals surface area contributed by atoms with Crippen molar-refractivity contribution in [1.82, 2.24) is 18.3 Å². The second-order valence-electron chi connectivity index (χ2n) is 40.5. The summed E-state index contributed by atoms with van der Waals surface area (Å²) in [6.45, 7) is 33.6. The number of rotatable bonds is 14. The number of aromatic nitrogens is 4. The van der Waals surface area contributed by atoms with Gasteiger partial charge in [0, 0.05) is 113 Å². The quantitative estimate of drug-likeness (QED) is 0.0967. The molecule has 20 aromatic carbocycles. The Morgan fingerprint density at radius 1 is 0.140 bits per heavy atom. The zero-order chi connectivity index (χ0) is 92.7. The van der Waals surface area contributed by atoms with E-state index in [1.54, 1.807) is 0 Å². The maximum absolute atomic E-state index is 2.48. The average molecular weight is 1750 g/mol. The highest BCUT2D eigenvalue weighted by atomic mass is 15.0. The summed E-state index contributed by atoms with van der Waals surface area (Å²) in [7, 11) is 0. The highest BCUT2D eigenvalue weighted by Gasteiger charge is 2.27. The molecular weight excluding hydrogens is 1640 g/mol. The number of para-hydroxylation sites is 4. The summed E-state index contributed by atoms with van der Waals surface area (Å²) in [5.74, 6) is 0. The van der Waals surface area contributed by atoms with Crippen LogP contribution in [-0.4, -0.2) is 18.3 Å². The molecule has 4 aromatic heterocycles. The van der Waals surface area contributed by atoms with E-state index in [4.69, 9.17) is 0 Å². The van der Waals surface area contributed by atoms with Crippen LogP contribution in [0.25, 0.3) is 242 Å². The van der Waals surface area contributed by atoms with E-state index in [2.05, 4.69) is 503 Å². The Labute approximate surface area is 797 Å². The van der Waals surface area contributed by atoms with Crippen LogP contribution in [0.1, 0.15) is 107 Å². The molecule has 0 aliphatic carbocycles. The molecule has 0 spiro atoms. The molecule has 0 aliphatic heterocycles. The minimum Gasteiger partial charge on any atom is -0.341 e. The lowest BCUT2D eigenvalue weighted by atomic mass is 9.79. The van der Waals surface area contributed by atoms with Crippen LogP contribution in [0.4, 0.5) is 0 Å². The van der Waals surface area contributed by atoms with Crippen LogP contribution in [0.15, 0.2) is 394 Å². The van der Waals surface area contributed by atoms with Crippen molar-refractivity contribution in [3.8, 4) is 111 Å². The molecule has 0 bridgehead atoms. The fourth-order valence-corrected chi connectivity index (χ4v) is 22.4. The van der Waals surface area contributed by atoms with Gasteiger partial charge in [0.1, 0.15) is 0 Å². The Morgan fingerprint density at radius 3 is 0.507 bits per heavy atom. The fraction of sp³-hybridized carbons (Fsp3) is 0.152. The first-order valence-electron chi connectivity index (χ1n) is 48.9. The van der Waals surface area contributed by atoms with Gasteiger partial charge in [-0.15, -0.1) is 0 Å². The topological polar surface area (TPSA) is 19.7 Å². The summed E-state index contributed by atoms with van der Waals surface area (Å²) < 4.78 is 9.68. The molecule has 0 N–H and O–H groups in total. The van der Waals surface area contributed by atoms with Gasteiger partial charge >= 0.3 is 0 Å². The molecule has 4 heteroatoms. The molecule has 0 unspecified atom stereocenters. The van der Waals surface area contributed by atoms with Gasteiger partial charge in [0.25, 0.3) is 0 Å². The molecule has 0 atom stereocenters. The predicted molar refractivity (Wildman–Crippen MR) is 588 cm³/mol. The van der Waals surface area contributed by atoms with E-state index in [9.17, 15) is 0 Å². The molecule has 4 heterocycles. The molecule has 136 heavy (non-hydrogen) atoms. The molecule has 0 fully saturated rings. The van der Waals surface area contributed by atoms with Gasteiger partial charge in [0.05, 0.1) is 0 Å². The lowest BCUT2D eigenvalue weighted by molar-refractivity contribution is 0.590. The molecule has 0 saturated heterocycles. The van der Waals surface area contributed by atoms with E-state index in [1.165, 1.54) is 258 Å². The van der Waals surface area contributed by atoms with E-state index < -0.39 is 0 Å². The molecule has 24 rings (SSSR count). The van der Waals surface area contributed by atoms with Gasteiger partial charge in [-0.2, -0.15) is 0 Å². The Hall–Kier alpha value is -15.4. The maximum Gasteiger partial charge on any atom is 0.0491 e. The first-order valence-corrected chi connectivity index (χ1v) is 48.9. The van der Waals surface area contributed by atoms with Crippen molar-refractivity contribution >= 4 is 130 Å². The van der Waals surface area contributed by atoms with Crippen molar-refractivity contribution in [1.29, 1.82) is 0 Å². The summed E-state index contributed by atoms with van der Waals surface area (Å²) in [5, 5.41) is 20.7. The normalized spacial score (nSPS) is 12.3. The van der Waals surface area contributed by atoms with E-state index in [0.717, 1.165) is 26.2 Å². The molecule has 660 valence electrons. The smallest absolute Gasteiger partial charge is 0.0491 e. The van der Waals surface area contributed by atoms with Gasteiger partial charge < -0.3 is 18.3 Å². The SMILES string of the molecule is CCn1c2ccccc2c2cc(-c3ccc(-c4c5ccc(C(C)(C)C)cc5c(-c5ccc(-c6ccc7c(c6)c6ccccc6n7CC)cc5)c5ccc(C(C)(C)C)cc45)cc3)ccc21.CCn1c2ccccc2c2cc(-c3ccc(-c4ccc(-c5c6ccccc6c(-c6ccc(-c7ccc(-c8ccc9c(c8)c8ccccc8n9CC)cc7)cc6)c6cc(C(C)(C)C)ccc56)cc4)cc3)ccc21. The van der Waals surface area contributed by atoms with E-state index in [1.807, 2.05) is 0 Å². The molecule has 4 nitrogen and oxygen atoms in total. The number of fused-ring (bicyclic) bond motifs is 16. The first-order chi connectivity index (χ1) is 66.1. The first kappa shape index (κ1) is 84.9. The van der Waals surface area contributed by atoms with E-state index in [0.29, 0.717) is 0 Å². The fourth-order valence-electron chi connectivity index (χ4n) is 22.4. The third kappa shape index (κ3) is 14.5. The number of nitrogens with zero attached hydrogens (tertiary/aromatic N) is 4. The molecule has 0 saturated carbocycles. The van der Waals surface area contributed by atoms with Gasteiger partial charge in [0.15, 0.2) is 0 Å². The van der Waals surface area contributed by atoms with Gasteiger partial charge in [0.2, 0.25) is 0 Å². The summed E-state index contributed by atoms with van der Waals surface area (Å²) in [5.41, 5.74) is 39.1. The lowest BCUT2D eigenvalue weighted by Gasteiger charge is -2.25. The number of hydrogen-bond acceptors (Lipinski definition) is 0. The molecule has 0 amide bonds. The Morgan fingerprint density at radius 2 is 0.301 bits per heavy atom. The third-order valence-corrected chi connectivity index (χ3v) is 29.6. The van der Waals surface area contributed by atoms with Crippen LogP contribution in [0.5, 0.6) is 0 Å². The van der Waals surface area contributed by atoms with Crippen molar-refractivity contribution in [2.45, 2.75) is 132 Å². The number of hydrogen-bond donors (Lipinski definition) is 0. The molecular formula is C132H112N4. The van der Waals surface area contributed by atoms with Crippen LogP contribution in [-0.2, 0) is 42.4 Å². The van der Waals surface area contributed by atoms with Crippen LogP contribution in [0.2, 0.25) is 0 Å². The number of benzene rings is 20. The van der Waals surface area contributed by atoms with Crippen molar-refractivity contribution in [3.05, 3.63) is 411 Å². The van der Waals surface area contributed by atoms with E-state index >= 15 is 0 Å². The second kappa shape index (κ2) is 33.4. The van der Waals surface area contributed by atoms with Crippen molar-refractivity contribution in [2.75, 3.05) is 0 Å².